The second kappa shape index (κ2) is 7.07. The minimum atomic E-state index is 0.142. The normalized spacial score (nSPS) is 12.2. The van der Waals surface area contributed by atoms with E-state index in [-0.39, 0.29) is 11.7 Å². The molecular weight excluding hydrogens is 214 g/mol. The summed E-state index contributed by atoms with van der Waals surface area (Å²) in [5, 5.41) is 0. The fourth-order valence-corrected chi connectivity index (χ4v) is 1.70. The number of Topliss-reactive ketones (excluding diaryl/α,β-unsaturated/α-hetero) is 1. The van der Waals surface area contributed by atoms with E-state index in [1.165, 1.54) is 0 Å². The van der Waals surface area contributed by atoms with Crippen molar-refractivity contribution in [1.29, 1.82) is 0 Å². The lowest BCUT2D eigenvalue weighted by Gasteiger charge is -2.11. The Morgan fingerprint density at radius 2 is 2.18 bits per heavy atom. The second-order valence-corrected chi connectivity index (χ2v) is 4.10. The van der Waals surface area contributed by atoms with Gasteiger partial charge in [0.1, 0.15) is 5.75 Å². The predicted molar refractivity (Wildman–Crippen MR) is 69.4 cm³/mol. The molecule has 0 saturated heterocycles. The second-order valence-electron chi connectivity index (χ2n) is 4.10. The van der Waals surface area contributed by atoms with E-state index < -0.39 is 0 Å². The first-order valence-electron chi connectivity index (χ1n) is 6.17. The van der Waals surface area contributed by atoms with E-state index in [0.29, 0.717) is 25.1 Å². The minimum Gasteiger partial charge on any atom is -0.494 e. The SMILES string of the molecule is CCOc1cccc(C(=O)CC(CC)CN)c1. The van der Waals surface area contributed by atoms with Crippen LogP contribution in [0.1, 0.15) is 37.0 Å². The molecule has 1 aromatic rings. The molecule has 0 amide bonds. The molecule has 1 aromatic carbocycles. The van der Waals surface area contributed by atoms with Gasteiger partial charge in [-0.3, -0.25) is 4.79 Å². The fraction of sp³-hybridized carbons (Fsp3) is 0.500. The van der Waals surface area contributed by atoms with Crippen molar-refractivity contribution < 1.29 is 9.53 Å². The Morgan fingerprint density at radius 1 is 1.41 bits per heavy atom. The zero-order valence-electron chi connectivity index (χ0n) is 10.6. The number of hydrogen-bond acceptors (Lipinski definition) is 3. The molecule has 0 spiro atoms. The lowest BCUT2D eigenvalue weighted by molar-refractivity contribution is 0.0961. The van der Waals surface area contributed by atoms with Crippen LogP contribution in [0.3, 0.4) is 0 Å². The van der Waals surface area contributed by atoms with Crippen LogP contribution in [0.4, 0.5) is 0 Å². The third-order valence-electron chi connectivity index (χ3n) is 2.85. The Balaban J connectivity index is 2.71. The van der Waals surface area contributed by atoms with Crippen LogP contribution in [-0.4, -0.2) is 18.9 Å². The van der Waals surface area contributed by atoms with Gasteiger partial charge in [0.05, 0.1) is 6.61 Å². The number of ketones is 1. The van der Waals surface area contributed by atoms with Gasteiger partial charge in [-0.1, -0.05) is 25.5 Å². The average molecular weight is 235 g/mol. The topological polar surface area (TPSA) is 52.3 Å². The summed E-state index contributed by atoms with van der Waals surface area (Å²) in [6.45, 7) is 5.16. The molecular formula is C14H21NO2. The summed E-state index contributed by atoms with van der Waals surface area (Å²) in [4.78, 5) is 12.0. The molecule has 3 nitrogen and oxygen atoms in total. The van der Waals surface area contributed by atoms with Gasteiger partial charge in [-0.25, -0.2) is 0 Å². The van der Waals surface area contributed by atoms with Crippen molar-refractivity contribution in [3.8, 4) is 5.75 Å². The molecule has 0 bridgehead atoms. The third kappa shape index (κ3) is 4.19. The summed E-state index contributed by atoms with van der Waals surface area (Å²) < 4.78 is 5.38. The lowest BCUT2D eigenvalue weighted by atomic mass is 9.96. The molecule has 0 radical (unpaired) electrons. The Morgan fingerprint density at radius 3 is 2.76 bits per heavy atom. The van der Waals surface area contributed by atoms with E-state index >= 15 is 0 Å². The molecule has 0 fully saturated rings. The van der Waals surface area contributed by atoms with Crippen LogP contribution >= 0.6 is 0 Å². The van der Waals surface area contributed by atoms with Gasteiger partial charge in [0.15, 0.2) is 5.78 Å². The number of hydrogen-bond donors (Lipinski definition) is 1. The van der Waals surface area contributed by atoms with Crippen LogP contribution in [0, 0.1) is 5.92 Å². The Bertz CT molecular complexity index is 359. The molecule has 3 heteroatoms. The van der Waals surface area contributed by atoms with Crippen molar-refractivity contribution in [2.75, 3.05) is 13.2 Å². The summed E-state index contributed by atoms with van der Waals surface area (Å²) in [7, 11) is 0. The zero-order chi connectivity index (χ0) is 12.7. The Hall–Kier alpha value is -1.35. The van der Waals surface area contributed by atoms with Gasteiger partial charge < -0.3 is 10.5 Å². The van der Waals surface area contributed by atoms with Crippen LogP contribution < -0.4 is 10.5 Å². The van der Waals surface area contributed by atoms with E-state index in [2.05, 4.69) is 6.92 Å². The molecule has 0 heterocycles. The van der Waals surface area contributed by atoms with Gasteiger partial charge in [0.2, 0.25) is 0 Å². The van der Waals surface area contributed by atoms with E-state index in [1.807, 2.05) is 25.1 Å². The van der Waals surface area contributed by atoms with E-state index in [0.717, 1.165) is 12.2 Å². The molecule has 2 N–H and O–H groups in total. The number of carbonyl (C=O) groups is 1. The first kappa shape index (κ1) is 13.7. The van der Waals surface area contributed by atoms with Crippen LogP contribution in [0.15, 0.2) is 24.3 Å². The summed E-state index contributed by atoms with van der Waals surface area (Å²) in [6, 6.07) is 7.34. The van der Waals surface area contributed by atoms with Crippen LogP contribution in [0.25, 0.3) is 0 Å². The molecule has 0 aliphatic heterocycles. The summed E-state index contributed by atoms with van der Waals surface area (Å²) in [6.07, 6.45) is 1.45. The number of nitrogens with two attached hydrogens (primary N) is 1. The first-order chi connectivity index (χ1) is 8.21. The lowest BCUT2D eigenvalue weighted by Crippen LogP contribution is -2.17. The van der Waals surface area contributed by atoms with Crippen LogP contribution in [0.2, 0.25) is 0 Å². The average Bonchev–Trinajstić information content (AvgIpc) is 2.36. The number of ether oxygens (including phenoxy) is 1. The molecule has 17 heavy (non-hydrogen) atoms. The summed E-state index contributed by atoms with van der Waals surface area (Å²) >= 11 is 0. The van der Waals surface area contributed by atoms with E-state index in [9.17, 15) is 4.79 Å². The molecule has 0 aromatic heterocycles. The molecule has 0 saturated carbocycles. The first-order valence-corrected chi connectivity index (χ1v) is 6.17. The van der Waals surface area contributed by atoms with Crippen LogP contribution in [0.5, 0.6) is 5.75 Å². The number of rotatable bonds is 7. The third-order valence-corrected chi connectivity index (χ3v) is 2.85. The van der Waals surface area contributed by atoms with Crippen molar-refractivity contribution in [3.63, 3.8) is 0 Å². The maximum Gasteiger partial charge on any atom is 0.163 e. The molecule has 1 unspecified atom stereocenters. The molecule has 0 aliphatic carbocycles. The van der Waals surface area contributed by atoms with Crippen molar-refractivity contribution in [3.05, 3.63) is 29.8 Å². The molecule has 1 rings (SSSR count). The fourth-order valence-electron chi connectivity index (χ4n) is 1.70. The van der Waals surface area contributed by atoms with Crippen LogP contribution in [-0.2, 0) is 0 Å². The van der Waals surface area contributed by atoms with Crippen molar-refractivity contribution >= 4 is 5.78 Å². The van der Waals surface area contributed by atoms with Crippen molar-refractivity contribution in [1.82, 2.24) is 0 Å². The molecule has 94 valence electrons. The smallest absolute Gasteiger partial charge is 0.163 e. The van der Waals surface area contributed by atoms with Gasteiger partial charge in [0, 0.05) is 12.0 Å². The maximum absolute atomic E-state index is 12.0. The summed E-state index contributed by atoms with van der Waals surface area (Å²) in [5.74, 6) is 1.17. The predicted octanol–water partition coefficient (Wildman–Crippen LogP) is 2.64. The highest BCUT2D eigenvalue weighted by Crippen LogP contribution is 2.17. The van der Waals surface area contributed by atoms with Crippen molar-refractivity contribution in [2.24, 2.45) is 11.7 Å². The monoisotopic (exact) mass is 235 g/mol. The van der Waals surface area contributed by atoms with Gasteiger partial charge >= 0.3 is 0 Å². The number of benzene rings is 1. The zero-order valence-corrected chi connectivity index (χ0v) is 10.6. The Kier molecular flexibility index (Phi) is 5.70. The molecule has 1 atom stereocenters. The van der Waals surface area contributed by atoms with Gasteiger partial charge in [0.25, 0.3) is 0 Å². The van der Waals surface area contributed by atoms with Gasteiger partial charge in [-0.2, -0.15) is 0 Å². The quantitative estimate of drug-likeness (QED) is 0.739. The van der Waals surface area contributed by atoms with E-state index in [1.54, 1.807) is 6.07 Å². The van der Waals surface area contributed by atoms with Gasteiger partial charge in [-0.05, 0) is 31.5 Å². The van der Waals surface area contributed by atoms with E-state index in [4.69, 9.17) is 10.5 Å². The summed E-state index contributed by atoms with van der Waals surface area (Å²) in [5.41, 5.74) is 6.32. The standard InChI is InChI=1S/C14H21NO2/c1-3-11(10-15)8-14(16)12-6-5-7-13(9-12)17-4-2/h5-7,9,11H,3-4,8,10,15H2,1-2H3. The Labute approximate surface area is 103 Å². The molecule has 0 aliphatic rings. The number of carbonyl (C=O) groups excluding carboxylic acids is 1. The maximum atomic E-state index is 12.0. The largest absolute Gasteiger partial charge is 0.494 e. The highest BCUT2D eigenvalue weighted by atomic mass is 16.5. The highest BCUT2D eigenvalue weighted by molar-refractivity contribution is 5.96. The van der Waals surface area contributed by atoms with Crippen molar-refractivity contribution in [2.45, 2.75) is 26.7 Å². The minimum absolute atomic E-state index is 0.142. The highest BCUT2D eigenvalue weighted by Gasteiger charge is 2.12. The van der Waals surface area contributed by atoms with Gasteiger partial charge in [-0.15, -0.1) is 0 Å².